The van der Waals surface area contributed by atoms with Gasteiger partial charge in [-0.15, -0.1) is 0 Å². The molecule has 8 nitrogen and oxygen atoms in total. The number of aliphatic hydroxyl groups is 1. The van der Waals surface area contributed by atoms with Gasteiger partial charge in [0.2, 0.25) is 0 Å². The third kappa shape index (κ3) is 5.73. The minimum absolute atomic E-state index is 0.0799. The van der Waals surface area contributed by atoms with E-state index in [-0.39, 0.29) is 42.8 Å². The fourth-order valence-corrected chi connectivity index (χ4v) is 3.63. The number of aliphatic hydroxyl groups excluding tert-OH is 1. The third-order valence-corrected chi connectivity index (χ3v) is 5.33. The van der Waals surface area contributed by atoms with Crippen molar-refractivity contribution in [3.63, 3.8) is 0 Å². The molecule has 8 heteroatoms. The monoisotopic (exact) mass is 427 g/mol. The molecule has 1 heterocycles. The fourth-order valence-electron chi connectivity index (χ4n) is 3.63. The van der Waals surface area contributed by atoms with Gasteiger partial charge in [0, 0.05) is 19.3 Å². The zero-order valence-corrected chi connectivity index (χ0v) is 17.9. The first-order valence-corrected chi connectivity index (χ1v) is 10.6. The van der Waals surface area contributed by atoms with Gasteiger partial charge in [-0.3, -0.25) is 14.4 Å². The van der Waals surface area contributed by atoms with Crippen LogP contribution >= 0.6 is 0 Å². The van der Waals surface area contributed by atoms with E-state index in [1.165, 1.54) is 23.9 Å². The molecule has 2 atom stereocenters. The van der Waals surface area contributed by atoms with Gasteiger partial charge < -0.3 is 25.0 Å². The number of rotatable bonds is 10. The SMILES string of the molecule is CCC[C@H]1C[C@@H]1NC(=O)c1cc(C(=O)NC)c(=O)n(Cc2cccc(OCCO)c2)c1. The second-order valence-electron chi connectivity index (χ2n) is 7.74. The second kappa shape index (κ2) is 10.3. The first-order valence-electron chi connectivity index (χ1n) is 10.6. The molecule has 0 radical (unpaired) electrons. The normalized spacial score (nSPS) is 17.1. The van der Waals surface area contributed by atoms with Crippen LogP contribution in [0.4, 0.5) is 0 Å². The number of hydrogen-bond donors (Lipinski definition) is 3. The van der Waals surface area contributed by atoms with Crippen LogP contribution in [0, 0.1) is 5.92 Å². The lowest BCUT2D eigenvalue weighted by atomic mass is 10.1. The highest BCUT2D eigenvalue weighted by molar-refractivity contribution is 5.99. The lowest BCUT2D eigenvalue weighted by Gasteiger charge is -2.13. The number of benzene rings is 1. The van der Waals surface area contributed by atoms with Crippen molar-refractivity contribution in [1.29, 1.82) is 0 Å². The summed E-state index contributed by atoms with van der Waals surface area (Å²) >= 11 is 0. The van der Waals surface area contributed by atoms with Gasteiger partial charge in [0.25, 0.3) is 17.4 Å². The van der Waals surface area contributed by atoms with Crippen LogP contribution in [-0.4, -0.2) is 47.8 Å². The topological polar surface area (TPSA) is 110 Å². The molecule has 0 spiro atoms. The molecule has 1 aromatic carbocycles. The summed E-state index contributed by atoms with van der Waals surface area (Å²) in [6.07, 6.45) is 4.59. The maximum atomic E-state index is 12.9. The van der Waals surface area contributed by atoms with Crippen molar-refractivity contribution in [2.75, 3.05) is 20.3 Å². The van der Waals surface area contributed by atoms with Gasteiger partial charge in [0.05, 0.1) is 18.7 Å². The lowest BCUT2D eigenvalue weighted by Crippen LogP contribution is -2.34. The zero-order chi connectivity index (χ0) is 22.4. The van der Waals surface area contributed by atoms with Gasteiger partial charge >= 0.3 is 0 Å². The van der Waals surface area contributed by atoms with Crippen molar-refractivity contribution < 1.29 is 19.4 Å². The van der Waals surface area contributed by atoms with E-state index in [4.69, 9.17) is 9.84 Å². The molecule has 0 unspecified atom stereocenters. The summed E-state index contributed by atoms with van der Waals surface area (Å²) in [4.78, 5) is 37.9. The number of nitrogens with one attached hydrogen (secondary N) is 2. The van der Waals surface area contributed by atoms with Crippen LogP contribution in [0.25, 0.3) is 0 Å². The lowest BCUT2D eigenvalue weighted by molar-refractivity contribution is 0.0948. The Labute approximate surface area is 181 Å². The van der Waals surface area contributed by atoms with Crippen LogP contribution in [0.2, 0.25) is 0 Å². The van der Waals surface area contributed by atoms with Crippen LogP contribution < -0.4 is 20.9 Å². The van der Waals surface area contributed by atoms with Gasteiger partial charge in [-0.1, -0.05) is 25.5 Å². The van der Waals surface area contributed by atoms with E-state index in [9.17, 15) is 14.4 Å². The standard InChI is InChI=1S/C23H29N3O5/c1-3-5-16-12-20(16)25-21(28)17-11-19(22(29)24-2)23(30)26(14-17)13-15-6-4-7-18(10-15)31-9-8-27/h4,6-7,10-11,14,16,20,27H,3,5,8-9,12-13H2,1-2H3,(H,24,29)(H,25,28)/t16-,20-/m0/s1. The summed E-state index contributed by atoms with van der Waals surface area (Å²) in [5.41, 5.74) is 0.479. The quantitative estimate of drug-likeness (QED) is 0.533. The molecular formula is C23H29N3O5. The first-order chi connectivity index (χ1) is 15.0. The Morgan fingerprint density at radius 1 is 1.26 bits per heavy atom. The van der Waals surface area contributed by atoms with Crippen molar-refractivity contribution >= 4 is 11.8 Å². The maximum Gasteiger partial charge on any atom is 0.263 e. The Bertz CT molecular complexity index is 1000. The van der Waals surface area contributed by atoms with Gasteiger partial charge in [0.1, 0.15) is 17.9 Å². The van der Waals surface area contributed by atoms with Crippen LogP contribution in [-0.2, 0) is 6.54 Å². The number of carbonyl (C=O) groups excluding carboxylic acids is 2. The van der Waals surface area contributed by atoms with Crippen molar-refractivity contribution in [1.82, 2.24) is 15.2 Å². The van der Waals surface area contributed by atoms with Crippen molar-refractivity contribution in [3.05, 3.63) is 63.6 Å². The number of ether oxygens (including phenoxy) is 1. The molecule has 3 N–H and O–H groups in total. The van der Waals surface area contributed by atoms with Crippen molar-refractivity contribution in [2.24, 2.45) is 5.92 Å². The number of amides is 2. The van der Waals surface area contributed by atoms with E-state index in [0.717, 1.165) is 24.8 Å². The van der Waals surface area contributed by atoms with E-state index in [1.807, 2.05) is 6.07 Å². The predicted octanol–water partition coefficient (Wildman–Crippen LogP) is 1.55. The Morgan fingerprint density at radius 2 is 2.06 bits per heavy atom. The van der Waals surface area contributed by atoms with Crippen LogP contribution in [0.15, 0.2) is 41.3 Å². The highest BCUT2D eigenvalue weighted by Crippen LogP contribution is 2.34. The molecule has 1 aliphatic rings. The van der Waals surface area contributed by atoms with Gasteiger partial charge in [-0.05, 0) is 42.5 Å². The van der Waals surface area contributed by atoms with E-state index in [1.54, 1.807) is 18.2 Å². The zero-order valence-electron chi connectivity index (χ0n) is 17.9. The fraction of sp³-hybridized carbons (Fsp3) is 0.435. The van der Waals surface area contributed by atoms with E-state index >= 15 is 0 Å². The summed E-state index contributed by atoms with van der Waals surface area (Å²) in [7, 11) is 1.44. The minimum Gasteiger partial charge on any atom is -0.491 e. The molecule has 0 aliphatic heterocycles. The first kappa shape index (κ1) is 22.6. The summed E-state index contributed by atoms with van der Waals surface area (Å²) in [6, 6.07) is 8.62. The average Bonchev–Trinajstić information content (AvgIpc) is 3.50. The molecule has 166 valence electrons. The molecular weight excluding hydrogens is 398 g/mol. The van der Waals surface area contributed by atoms with E-state index in [2.05, 4.69) is 17.6 Å². The summed E-state index contributed by atoms with van der Waals surface area (Å²) in [6.45, 7) is 2.35. The predicted molar refractivity (Wildman–Crippen MR) is 116 cm³/mol. The molecule has 2 aromatic rings. The van der Waals surface area contributed by atoms with Crippen molar-refractivity contribution in [3.8, 4) is 5.75 Å². The highest BCUT2D eigenvalue weighted by atomic mass is 16.5. The molecule has 2 amide bonds. The maximum absolute atomic E-state index is 12.9. The molecule has 0 bridgehead atoms. The molecule has 1 aliphatic carbocycles. The van der Waals surface area contributed by atoms with E-state index < -0.39 is 11.5 Å². The molecule has 0 saturated heterocycles. The Morgan fingerprint density at radius 3 is 2.77 bits per heavy atom. The molecule has 1 saturated carbocycles. The number of carbonyl (C=O) groups is 2. The third-order valence-electron chi connectivity index (χ3n) is 5.33. The summed E-state index contributed by atoms with van der Waals surface area (Å²) < 4.78 is 6.78. The van der Waals surface area contributed by atoms with Crippen molar-refractivity contribution in [2.45, 2.75) is 38.8 Å². The van der Waals surface area contributed by atoms with Gasteiger partial charge in [-0.25, -0.2) is 0 Å². The van der Waals surface area contributed by atoms with Gasteiger partial charge in [-0.2, -0.15) is 0 Å². The number of aromatic nitrogens is 1. The highest BCUT2D eigenvalue weighted by Gasteiger charge is 2.37. The minimum atomic E-state index is -0.538. The van der Waals surface area contributed by atoms with E-state index in [0.29, 0.717) is 11.7 Å². The molecule has 31 heavy (non-hydrogen) atoms. The summed E-state index contributed by atoms with van der Waals surface area (Å²) in [5, 5.41) is 14.4. The largest absolute Gasteiger partial charge is 0.491 e. The van der Waals surface area contributed by atoms with Gasteiger partial charge in [0.15, 0.2) is 0 Å². The number of nitrogens with zero attached hydrogens (tertiary/aromatic N) is 1. The van der Waals surface area contributed by atoms with Crippen LogP contribution in [0.1, 0.15) is 52.5 Å². The Hall–Kier alpha value is -3.13. The Kier molecular flexibility index (Phi) is 7.46. The summed E-state index contributed by atoms with van der Waals surface area (Å²) in [5.74, 6) is 0.238. The van der Waals surface area contributed by atoms with Crippen LogP contribution in [0.5, 0.6) is 5.75 Å². The average molecular weight is 428 g/mol. The molecule has 1 fully saturated rings. The number of pyridine rings is 1. The number of hydrogen-bond acceptors (Lipinski definition) is 5. The second-order valence-corrected chi connectivity index (χ2v) is 7.74. The molecule has 3 rings (SSSR count). The smallest absolute Gasteiger partial charge is 0.263 e. The molecule has 1 aromatic heterocycles. The Balaban J connectivity index is 1.87. The van der Waals surface area contributed by atoms with Crippen LogP contribution in [0.3, 0.4) is 0 Å².